The molecule has 0 bridgehead atoms. The van der Waals surface area contributed by atoms with Gasteiger partial charge in [-0.05, 0) is 37.1 Å². The number of rotatable bonds is 4. The van der Waals surface area contributed by atoms with Crippen LogP contribution in [-0.4, -0.2) is 21.9 Å². The molecule has 1 fully saturated rings. The predicted octanol–water partition coefficient (Wildman–Crippen LogP) is 4.20. The lowest BCUT2D eigenvalue weighted by atomic mass is 10.2. The fourth-order valence-corrected chi connectivity index (χ4v) is 3.04. The van der Waals surface area contributed by atoms with Crippen LogP contribution in [0.5, 0.6) is 0 Å². The van der Waals surface area contributed by atoms with Crippen molar-refractivity contribution in [2.45, 2.75) is 31.7 Å². The van der Waals surface area contributed by atoms with E-state index in [1.165, 1.54) is 0 Å². The van der Waals surface area contributed by atoms with Gasteiger partial charge in [0.15, 0.2) is 0 Å². The Balaban J connectivity index is 1.72. The van der Waals surface area contributed by atoms with Crippen molar-refractivity contribution in [1.82, 2.24) is 15.3 Å². The number of aromatic nitrogens is 2. The minimum absolute atomic E-state index is 0.176. The van der Waals surface area contributed by atoms with Crippen molar-refractivity contribution in [3.8, 4) is 0 Å². The molecule has 1 aromatic carbocycles. The van der Waals surface area contributed by atoms with Crippen LogP contribution in [0, 0.1) is 0 Å². The van der Waals surface area contributed by atoms with Crippen molar-refractivity contribution in [3.63, 3.8) is 0 Å². The highest BCUT2D eigenvalue weighted by atomic mass is 35.5. The quantitative estimate of drug-likeness (QED) is 0.866. The maximum Gasteiger partial charge on any atom is 0.270 e. The summed E-state index contributed by atoms with van der Waals surface area (Å²) in [7, 11) is 0. The van der Waals surface area contributed by atoms with Gasteiger partial charge in [-0.1, -0.05) is 36.0 Å². The van der Waals surface area contributed by atoms with Crippen LogP contribution >= 0.6 is 23.2 Å². The monoisotopic (exact) mass is 350 g/mol. The van der Waals surface area contributed by atoms with E-state index in [1.807, 2.05) is 0 Å². The van der Waals surface area contributed by atoms with E-state index in [0.717, 1.165) is 25.7 Å². The van der Waals surface area contributed by atoms with Gasteiger partial charge in [-0.2, -0.15) is 0 Å². The minimum Gasteiger partial charge on any atom is -0.348 e. The predicted molar refractivity (Wildman–Crippen MR) is 91.5 cm³/mol. The topological polar surface area (TPSA) is 66.9 Å². The number of nitrogens with one attached hydrogen (secondary N) is 2. The third-order valence-corrected chi connectivity index (χ3v) is 4.30. The van der Waals surface area contributed by atoms with Crippen LogP contribution in [0.2, 0.25) is 10.0 Å². The smallest absolute Gasteiger partial charge is 0.270 e. The van der Waals surface area contributed by atoms with Crippen LogP contribution < -0.4 is 10.6 Å². The molecule has 2 aromatic rings. The number of carbonyl (C=O) groups is 1. The van der Waals surface area contributed by atoms with Crippen molar-refractivity contribution in [1.29, 1.82) is 0 Å². The first-order valence-corrected chi connectivity index (χ1v) is 8.23. The molecule has 0 atom stereocenters. The number of benzene rings is 1. The Morgan fingerprint density at radius 3 is 2.70 bits per heavy atom. The first kappa shape index (κ1) is 16.0. The minimum atomic E-state index is -0.176. The summed E-state index contributed by atoms with van der Waals surface area (Å²) < 4.78 is 0. The number of anilines is 2. The highest BCUT2D eigenvalue weighted by Gasteiger charge is 2.19. The molecular weight excluding hydrogens is 335 g/mol. The van der Waals surface area contributed by atoms with Crippen LogP contribution in [0.25, 0.3) is 0 Å². The standard InChI is InChI=1S/C16H16Cl2N4O/c17-10-5-6-13(12(18)9-10)21-16-19-8-7-14(22-16)15(23)20-11-3-1-2-4-11/h5-9,11H,1-4H2,(H,20,23)(H,19,21,22). The van der Waals surface area contributed by atoms with Crippen molar-refractivity contribution < 1.29 is 4.79 Å². The molecule has 23 heavy (non-hydrogen) atoms. The maximum absolute atomic E-state index is 12.2. The Hall–Kier alpha value is -1.85. The average Bonchev–Trinajstić information content (AvgIpc) is 3.03. The molecule has 5 nitrogen and oxygen atoms in total. The summed E-state index contributed by atoms with van der Waals surface area (Å²) in [6, 6.07) is 6.92. The third-order valence-electron chi connectivity index (χ3n) is 3.76. The van der Waals surface area contributed by atoms with E-state index in [2.05, 4.69) is 20.6 Å². The molecule has 0 aliphatic heterocycles. The van der Waals surface area contributed by atoms with Crippen molar-refractivity contribution in [3.05, 3.63) is 46.2 Å². The SMILES string of the molecule is O=C(NC1CCCC1)c1ccnc(Nc2ccc(Cl)cc2Cl)n1. The summed E-state index contributed by atoms with van der Waals surface area (Å²) in [6.07, 6.45) is 5.93. The largest absolute Gasteiger partial charge is 0.348 e. The number of hydrogen-bond donors (Lipinski definition) is 2. The Morgan fingerprint density at radius 1 is 1.17 bits per heavy atom. The highest BCUT2D eigenvalue weighted by Crippen LogP contribution is 2.27. The van der Waals surface area contributed by atoms with Gasteiger partial charge >= 0.3 is 0 Å². The van der Waals surface area contributed by atoms with Gasteiger partial charge in [0.05, 0.1) is 10.7 Å². The van der Waals surface area contributed by atoms with Gasteiger partial charge in [0.1, 0.15) is 5.69 Å². The number of carbonyl (C=O) groups excluding carboxylic acids is 1. The zero-order valence-electron chi connectivity index (χ0n) is 12.4. The number of halogens is 2. The summed E-state index contributed by atoms with van der Waals surface area (Å²) in [4.78, 5) is 20.6. The molecule has 1 aliphatic carbocycles. The fourth-order valence-electron chi connectivity index (χ4n) is 2.59. The molecule has 1 saturated carbocycles. The summed E-state index contributed by atoms with van der Waals surface area (Å²) in [5, 5.41) is 7.01. The molecular formula is C16H16Cl2N4O. The Labute approximate surface area is 144 Å². The van der Waals surface area contributed by atoms with Gasteiger partial charge in [0.2, 0.25) is 5.95 Å². The lowest BCUT2D eigenvalue weighted by molar-refractivity contribution is 0.0933. The molecule has 0 unspecified atom stereocenters. The molecule has 0 spiro atoms. The van der Waals surface area contributed by atoms with Crippen LogP contribution in [0.15, 0.2) is 30.5 Å². The van der Waals surface area contributed by atoms with E-state index >= 15 is 0 Å². The second kappa shape index (κ2) is 7.15. The van der Waals surface area contributed by atoms with Crippen LogP contribution in [0.3, 0.4) is 0 Å². The first-order chi connectivity index (χ1) is 11.1. The van der Waals surface area contributed by atoms with Crippen molar-refractivity contribution in [2.24, 2.45) is 0 Å². The Kier molecular flexibility index (Phi) is 4.98. The van der Waals surface area contributed by atoms with Gasteiger partial charge < -0.3 is 10.6 Å². The Morgan fingerprint density at radius 2 is 1.96 bits per heavy atom. The molecule has 7 heteroatoms. The molecule has 1 heterocycles. The zero-order chi connectivity index (χ0) is 16.2. The normalized spacial score (nSPS) is 14.7. The van der Waals surface area contributed by atoms with Gasteiger partial charge in [-0.15, -0.1) is 0 Å². The second-order valence-corrected chi connectivity index (χ2v) is 6.31. The second-order valence-electron chi connectivity index (χ2n) is 5.47. The third kappa shape index (κ3) is 4.12. The van der Waals surface area contributed by atoms with Crippen molar-refractivity contribution >= 4 is 40.7 Å². The first-order valence-electron chi connectivity index (χ1n) is 7.48. The molecule has 0 saturated heterocycles. The van der Waals surface area contributed by atoms with Gasteiger partial charge in [0, 0.05) is 17.3 Å². The molecule has 1 aliphatic rings. The summed E-state index contributed by atoms with van der Waals surface area (Å²) in [5.74, 6) is 0.137. The van der Waals surface area contributed by atoms with Crippen LogP contribution in [0.1, 0.15) is 36.2 Å². The average molecular weight is 351 g/mol. The van der Waals surface area contributed by atoms with E-state index < -0.39 is 0 Å². The molecule has 1 amide bonds. The van der Waals surface area contributed by atoms with E-state index in [1.54, 1.807) is 30.5 Å². The van der Waals surface area contributed by atoms with E-state index in [9.17, 15) is 4.79 Å². The molecule has 2 N–H and O–H groups in total. The molecule has 120 valence electrons. The lowest BCUT2D eigenvalue weighted by Gasteiger charge is -2.12. The van der Waals surface area contributed by atoms with E-state index in [0.29, 0.717) is 27.4 Å². The van der Waals surface area contributed by atoms with Gasteiger partial charge in [-0.25, -0.2) is 9.97 Å². The van der Waals surface area contributed by atoms with Gasteiger partial charge in [-0.3, -0.25) is 4.79 Å². The lowest BCUT2D eigenvalue weighted by Crippen LogP contribution is -2.33. The van der Waals surface area contributed by atoms with Gasteiger partial charge in [0.25, 0.3) is 5.91 Å². The number of hydrogen-bond acceptors (Lipinski definition) is 4. The van der Waals surface area contributed by atoms with E-state index in [4.69, 9.17) is 23.2 Å². The maximum atomic E-state index is 12.2. The van der Waals surface area contributed by atoms with Crippen LogP contribution in [0.4, 0.5) is 11.6 Å². The van der Waals surface area contributed by atoms with Crippen molar-refractivity contribution in [2.75, 3.05) is 5.32 Å². The summed E-state index contributed by atoms with van der Waals surface area (Å²) in [5.41, 5.74) is 0.962. The molecule has 0 radical (unpaired) electrons. The highest BCUT2D eigenvalue weighted by molar-refractivity contribution is 6.36. The summed E-state index contributed by atoms with van der Waals surface area (Å²) >= 11 is 12.0. The fraction of sp³-hybridized carbons (Fsp3) is 0.312. The number of nitrogens with zero attached hydrogens (tertiary/aromatic N) is 2. The van der Waals surface area contributed by atoms with E-state index in [-0.39, 0.29) is 11.9 Å². The molecule has 1 aromatic heterocycles. The number of amides is 1. The zero-order valence-corrected chi connectivity index (χ0v) is 13.9. The summed E-state index contributed by atoms with van der Waals surface area (Å²) in [6.45, 7) is 0. The Bertz CT molecular complexity index is 717. The van der Waals surface area contributed by atoms with Crippen LogP contribution in [-0.2, 0) is 0 Å². The molecule has 3 rings (SSSR count).